The molecule has 23 heavy (non-hydrogen) atoms. The van der Waals surface area contributed by atoms with Crippen molar-refractivity contribution in [2.24, 2.45) is 5.92 Å². The van der Waals surface area contributed by atoms with Gasteiger partial charge < -0.3 is 15.7 Å². The Kier molecular flexibility index (Phi) is 3.50. The van der Waals surface area contributed by atoms with Gasteiger partial charge in [-0.15, -0.1) is 0 Å². The van der Waals surface area contributed by atoms with Crippen molar-refractivity contribution >= 4 is 39.2 Å². The van der Waals surface area contributed by atoms with Gasteiger partial charge in [0.15, 0.2) is 0 Å². The zero-order valence-electron chi connectivity index (χ0n) is 12.4. The number of pyridine rings is 1. The van der Waals surface area contributed by atoms with Gasteiger partial charge in [0.1, 0.15) is 11.3 Å². The number of aromatic nitrogens is 3. The Balaban J connectivity index is 1.55. The lowest BCUT2D eigenvalue weighted by Crippen LogP contribution is -2.07. The maximum absolute atomic E-state index is 7.82. The average Bonchev–Trinajstić information content (AvgIpc) is 3.31. The fourth-order valence-corrected chi connectivity index (χ4v) is 2.78. The summed E-state index contributed by atoms with van der Waals surface area (Å²) in [6, 6.07) is 5.64. The molecule has 2 heterocycles. The Labute approximate surface area is 138 Å². The predicted octanol–water partition coefficient (Wildman–Crippen LogP) is 3.80. The van der Waals surface area contributed by atoms with E-state index >= 15 is 0 Å². The Morgan fingerprint density at radius 3 is 3.09 bits per heavy atom. The second-order valence-electron chi connectivity index (χ2n) is 5.81. The summed E-state index contributed by atoms with van der Waals surface area (Å²) in [6.45, 7) is 0.575. The fraction of sp³-hybridized carbons (Fsp3) is 0.235. The van der Waals surface area contributed by atoms with E-state index in [0.717, 1.165) is 40.6 Å². The molecule has 116 valence electrons. The normalized spacial score (nSPS) is 14.8. The van der Waals surface area contributed by atoms with Gasteiger partial charge in [0.2, 0.25) is 0 Å². The predicted molar refractivity (Wildman–Crippen MR) is 92.8 cm³/mol. The quantitative estimate of drug-likeness (QED) is 0.624. The Bertz CT molecular complexity index is 923. The van der Waals surface area contributed by atoms with Gasteiger partial charge in [-0.1, -0.05) is 11.6 Å². The summed E-state index contributed by atoms with van der Waals surface area (Å²) in [6.07, 6.45) is 7.72. The van der Waals surface area contributed by atoms with Crippen LogP contribution in [0.5, 0.6) is 0 Å². The van der Waals surface area contributed by atoms with E-state index in [-0.39, 0.29) is 0 Å². The standard InChI is InChI=1S/C17H16ClN5/c18-11-3-4-14-12(7-11)17-15(8-21-14)22-16(23-17)9-20-6-5-13(19)10-1-2-10/h3-8,10,19-20H,1-2,9H2,(H,22,23)/b6-5-,19-13?. The molecule has 0 unspecified atom stereocenters. The molecule has 0 bridgehead atoms. The smallest absolute Gasteiger partial charge is 0.126 e. The van der Waals surface area contributed by atoms with Crippen LogP contribution in [0.15, 0.2) is 36.7 Å². The van der Waals surface area contributed by atoms with Gasteiger partial charge in [-0.2, -0.15) is 0 Å². The van der Waals surface area contributed by atoms with E-state index in [0.29, 0.717) is 23.2 Å². The van der Waals surface area contributed by atoms with Crippen LogP contribution in [0, 0.1) is 11.3 Å². The van der Waals surface area contributed by atoms with Crippen LogP contribution >= 0.6 is 11.6 Å². The second-order valence-corrected chi connectivity index (χ2v) is 6.24. The highest BCUT2D eigenvalue weighted by Crippen LogP contribution is 2.30. The number of aromatic amines is 1. The zero-order chi connectivity index (χ0) is 15.8. The van der Waals surface area contributed by atoms with E-state index in [1.54, 1.807) is 6.20 Å². The lowest BCUT2D eigenvalue weighted by Gasteiger charge is -1.98. The SMILES string of the molecule is N=C(/C=C\NCc1nc2cnc3ccc(Cl)cc3c2[nH]1)C1CC1. The molecule has 0 amide bonds. The Hall–Kier alpha value is -2.40. The third-order valence-electron chi connectivity index (χ3n) is 4.00. The summed E-state index contributed by atoms with van der Waals surface area (Å²) in [5, 5.41) is 12.6. The Morgan fingerprint density at radius 2 is 2.26 bits per heavy atom. The molecule has 2 aromatic heterocycles. The monoisotopic (exact) mass is 325 g/mol. The number of benzene rings is 1. The third-order valence-corrected chi connectivity index (χ3v) is 4.24. The van der Waals surface area contributed by atoms with Crippen molar-refractivity contribution in [1.82, 2.24) is 20.3 Å². The molecule has 1 aliphatic rings. The van der Waals surface area contributed by atoms with Gasteiger partial charge >= 0.3 is 0 Å². The topological polar surface area (TPSA) is 77.5 Å². The maximum atomic E-state index is 7.82. The molecule has 5 nitrogen and oxygen atoms in total. The third kappa shape index (κ3) is 2.92. The minimum atomic E-state index is 0.474. The number of H-pyrrole nitrogens is 1. The number of allylic oxidation sites excluding steroid dienone is 1. The summed E-state index contributed by atoms with van der Waals surface area (Å²) in [4.78, 5) is 12.3. The second kappa shape index (κ2) is 5.66. The molecule has 0 atom stereocenters. The molecule has 1 aromatic carbocycles. The lowest BCUT2D eigenvalue weighted by molar-refractivity contribution is 0.817. The zero-order valence-corrected chi connectivity index (χ0v) is 13.2. The summed E-state index contributed by atoms with van der Waals surface area (Å²) in [7, 11) is 0. The molecule has 0 spiro atoms. The molecule has 3 aromatic rings. The highest BCUT2D eigenvalue weighted by atomic mass is 35.5. The van der Waals surface area contributed by atoms with Crippen LogP contribution in [-0.4, -0.2) is 20.7 Å². The first-order chi connectivity index (χ1) is 11.2. The largest absolute Gasteiger partial charge is 0.384 e. The van der Waals surface area contributed by atoms with Crippen molar-refractivity contribution in [2.75, 3.05) is 0 Å². The number of nitrogens with zero attached hydrogens (tertiary/aromatic N) is 2. The lowest BCUT2D eigenvalue weighted by atomic mass is 10.2. The molecule has 0 radical (unpaired) electrons. The molecule has 1 fully saturated rings. The first-order valence-electron chi connectivity index (χ1n) is 7.62. The number of fused-ring (bicyclic) bond motifs is 3. The minimum Gasteiger partial charge on any atom is -0.384 e. The van der Waals surface area contributed by atoms with E-state index < -0.39 is 0 Å². The van der Waals surface area contributed by atoms with Crippen molar-refractivity contribution in [3.63, 3.8) is 0 Å². The van der Waals surface area contributed by atoms with E-state index in [9.17, 15) is 0 Å². The van der Waals surface area contributed by atoms with Crippen molar-refractivity contribution in [1.29, 1.82) is 5.41 Å². The molecule has 6 heteroatoms. The van der Waals surface area contributed by atoms with Crippen LogP contribution in [0.1, 0.15) is 18.7 Å². The first-order valence-corrected chi connectivity index (χ1v) is 8.00. The van der Waals surface area contributed by atoms with Gasteiger partial charge in [0.25, 0.3) is 0 Å². The van der Waals surface area contributed by atoms with Crippen molar-refractivity contribution in [3.05, 3.63) is 47.5 Å². The van der Waals surface area contributed by atoms with Gasteiger partial charge in [0.05, 0.1) is 23.8 Å². The average molecular weight is 326 g/mol. The summed E-state index contributed by atoms with van der Waals surface area (Å²) in [5.74, 6) is 1.30. The van der Waals surface area contributed by atoms with Crippen LogP contribution in [0.4, 0.5) is 0 Å². The number of hydrogen-bond donors (Lipinski definition) is 3. The molecule has 0 saturated heterocycles. The van der Waals surface area contributed by atoms with E-state index in [2.05, 4.69) is 20.3 Å². The molecular formula is C17H16ClN5. The van der Waals surface area contributed by atoms with E-state index in [1.807, 2.05) is 30.5 Å². The summed E-state index contributed by atoms with van der Waals surface area (Å²) >= 11 is 6.08. The number of rotatable bonds is 5. The van der Waals surface area contributed by atoms with Crippen LogP contribution in [0.25, 0.3) is 21.9 Å². The van der Waals surface area contributed by atoms with E-state index in [4.69, 9.17) is 17.0 Å². The molecule has 0 aliphatic heterocycles. The number of nitrogens with one attached hydrogen (secondary N) is 3. The van der Waals surface area contributed by atoms with Crippen molar-refractivity contribution < 1.29 is 0 Å². The van der Waals surface area contributed by atoms with Crippen LogP contribution in [-0.2, 0) is 6.54 Å². The molecule has 1 saturated carbocycles. The first kappa shape index (κ1) is 14.2. The van der Waals surface area contributed by atoms with Crippen LogP contribution in [0.3, 0.4) is 0 Å². The van der Waals surface area contributed by atoms with Gasteiger partial charge in [-0.3, -0.25) is 4.98 Å². The van der Waals surface area contributed by atoms with Crippen LogP contribution in [0.2, 0.25) is 5.02 Å². The molecular weight excluding hydrogens is 310 g/mol. The van der Waals surface area contributed by atoms with E-state index in [1.165, 1.54) is 0 Å². The van der Waals surface area contributed by atoms with Gasteiger partial charge in [0, 0.05) is 22.0 Å². The molecule has 4 rings (SSSR count). The highest BCUT2D eigenvalue weighted by Gasteiger charge is 2.24. The fourth-order valence-electron chi connectivity index (χ4n) is 2.61. The summed E-state index contributed by atoms with van der Waals surface area (Å²) in [5.41, 5.74) is 3.37. The van der Waals surface area contributed by atoms with Crippen molar-refractivity contribution in [3.8, 4) is 0 Å². The minimum absolute atomic E-state index is 0.474. The highest BCUT2D eigenvalue weighted by molar-refractivity contribution is 6.31. The van der Waals surface area contributed by atoms with Crippen molar-refractivity contribution in [2.45, 2.75) is 19.4 Å². The Morgan fingerprint density at radius 1 is 1.39 bits per heavy atom. The maximum Gasteiger partial charge on any atom is 0.126 e. The van der Waals surface area contributed by atoms with Crippen LogP contribution < -0.4 is 5.32 Å². The number of halogens is 1. The molecule has 1 aliphatic carbocycles. The van der Waals surface area contributed by atoms with Gasteiger partial charge in [-0.25, -0.2) is 4.98 Å². The molecule has 3 N–H and O–H groups in total. The number of hydrogen-bond acceptors (Lipinski definition) is 4. The van der Waals surface area contributed by atoms with Gasteiger partial charge in [-0.05, 0) is 43.3 Å². The number of imidazole rings is 1. The summed E-state index contributed by atoms with van der Waals surface area (Å²) < 4.78 is 0.